The van der Waals surface area contributed by atoms with E-state index in [1.54, 1.807) is 18.2 Å². The van der Waals surface area contributed by atoms with Crippen molar-refractivity contribution in [1.82, 2.24) is 5.32 Å². The Balaban J connectivity index is 1.77. The molecule has 6 nitrogen and oxygen atoms in total. The van der Waals surface area contributed by atoms with E-state index >= 15 is 0 Å². The van der Waals surface area contributed by atoms with Crippen LogP contribution in [0.1, 0.15) is 11.1 Å². The second-order valence-electron chi connectivity index (χ2n) is 5.30. The fourth-order valence-corrected chi connectivity index (χ4v) is 2.17. The summed E-state index contributed by atoms with van der Waals surface area (Å²) in [4.78, 5) is 10.5. The van der Waals surface area contributed by atoms with Crippen LogP contribution in [-0.2, 0) is 6.54 Å². The van der Waals surface area contributed by atoms with E-state index in [4.69, 9.17) is 4.74 Å². The molecule has 0 aliphatic carbocycles. The molecule has 2 aromatic rings. The molecule has 2 N–H and O–H groups in total. The first kappa shape index (κ1) is 16.9. The Morgan fingerprint density at radius 1 is 1.26 bits per heavy atom. The SMILES string of the molecule is Cc1cccc(OCC(O)CNCc2ccccc2[N+](=O)[O-])c1. The van der Waals surface area contributed by atoms with Crippen LogP contribution >= 0.6 is 0 Å². The maximum atomic E-state index is 10.9. The standard InChI is InChI=1S/C17H20N2O4/c1-13-5-4-7-16(9-13)23-12-15(20)11-18-10-14-6-2-3-8-17(14)19(21)22/h2-9,15,18,20H,10-12H2,1H3. The summed E-state index contributed by atoms with van der Waals surface area (Å²) in [6, 6.07) is 14.1. The van der Waals surface area contributed by atoms with Gasteiger partial charge in [0.15, 0.2) is 0 Å². The third kappa shape index (κ3) is 5.36. The quantitative estimate of drug-likeness (QED) is 0.577. The van der Waals surface area contributed by atoms with Gasteiger partial charge >= 0.3 is 0 Å². The van der Waals surface area contributed by atoms with Crippen molar-refractivity contribution in [2.75, 3.05) is 13.2 Å². The second-order valence-corrected chi connectivity index (χ2v) is 5.30. The Bertz CT molecular complexity index is 661. The molecule has 0 spiro atoms. The third-order valence-electron chi connectivity index (χ3n) is 3.32. The van der Waals surface area contributed by atoms with Crippen LogP contribution in [0.15, 0.2) is 48.5 Å². The number of nitrogens with one attached hydrogen (secondary N) is 1. The molecule has 0 fully saturated rings. The molecule has 0 saturated heterocycles. The van der Waals surface area contributed by atoms with Gasteiger partial charge in [0.25, 0.3) is 5.69 Å². The van der Waals surface area contributed by atoms with E-state index < -0.39 is 11.0 Å². The summed E-state index contributed by atoms with van der Waals surface area (Å²) in [6.45, 7) is 2.74. The van der Waals surface area contributed by atoms with E-state index in [1.807, 2.05) is 31.2 Å². The number of nitro benzene ring substituents is 1. The molecular weight excluding hydrogens is 296 g/mol. The molecule has 0 radical (unpaired) electrons. The van der Waals surface area contributed by atoms with E-state index in [2.05, 4.69) is 5.32 Å². The molecule has 0 bridgehead atoms. The maximum absolute atomic E-state index is 10.9. The second kappa shape index (κ2) is 8.26. The molecule has 0 saturated carbocycles. The predicted octanol–water partition coefficient (Wildman–Crippen LogP) is 2.43. The van der Waals surface area contributed by atoms with Crippen LogP contribution in [0.3, 0.4) is 0 Å². The van der Waals surface area contributed by atoms with Gasteiger partial charge in [-0.25, -0.2) is 0 Å². The Labute approximate surface area is 134 Å². The minimum atomic E-state index is -0.696. The minimum Gasteiger partial charge on any atom is -0.491 e. The highest BCUT2D eigenvalue weighted by Gasteiger charge is 2.12. The third-order valence-corrected chi connectivity index (χ3v) is 3.32. The monoisotopic (exact) mass is 316 g/mol. The lowest BCUT2D eigenvalue weighted by atomic mass is 10.2. The van der Waals surface area contributed by atoms with Crippen LogP contribution in [0.5, 0.6) is 5.75 Å². The molecule has 2 rings (SSSR count). The van der Waals surface area contributed by atoms with E-state index in [0.717, 1.165) is 5.56 Å². The Morgan fingerprint density at radius 2 is 2.04 bits per heavy atom. The van der Waals surface area contributed by atoms with E-state index in [0.29, 0.717) is 17.9 Å². The summed E-state index contributed by atoms with van der Waals surface area (Å²) < 4.78 is 5.52. The van der Waals surface area contributed by atoms with Gasteiger partial charge in [-0.3, -0.25) is 10.1 Å². The van der Waals surface area contributed by atoms with Gasteiger partial charge in [0, 0.05) is 24.7 Å². The lowest BCUT2D eigenvalue weighted by Gasteiger charge is -2.13. The van der Waals surface area contributed by atoms with Crippen LogP contribution in [0.25, 0.3) is 0 Å². The summed E-state index contributed by atoms with van der Waals surface area (Å²) in [5.74, 6) is 0.711. The minimum absolute atomic E-state index is 0.0745. The molecule has 0 amide bonds. The van der Waals surface area contributed by atoms with Crippen LogP contribution in [0, 0.1) is 17.0 Å². The number of nitrogens with zero attached hydrogens (tertiary/aromatic N) is 1. The number of hydrogen-bond donors (Lipinski definition) is 2. The van der Waals surface area contributed by atoms with Gasteiger partial charge in [0.2, 0.25) is 0 Å². The van der Waals surface area contributed by atoms with Gasteiger partial charge < -0.3 is 15.2 Å². The van der Waals surface area contributed by atoms with Crippen LogP contribution in [0.2, 0.25) is 0 Å². The molecule has 6 heteroatoms. The number of aliphatic hydroxyl groups is 1. The molecule has 2 aromatic carbocycles. The van der Waals surface area contributed by atoms with Crippen LogP contribution < -0.4 is 10.1 Å². The first-order valence-corrected chi connectivity index (χ1v) is 7.37. The Morgan fingerprint density at radius 3 is 2.78 bits per heavy atom. The topological polar surface area (TPSA) is 84.6 Å². The zero-order valence-electron chi connectivity index (χ0n) is 12.9. The van der Waals surface area contributed by atoms with Crippen molar-refractivity contribution in [3.63, 3.8) is 0 Å². The smallest absolute Gasteiger partial charge is 0.273 e. The highest BCUT2D eigenvalue weighted by atomic mass is 16.6. The number of aliphatic hydroxyl groups excluding tert-OH is 1. The zero-order valence-corrected chi connectivity index (χ0v) is 12.9. The van der Waals surface area contributed by atoms with Crippen molar-refractivity contribution in [2.45, 2.75) is 19.6 Å². The molecule has 0 aromatic heterocycles. The molecule has 0 heterocycles. The molecule has 23 heavy (non-hydrogen) atoms. The van der Waals surface area contributed by atoms with Gasteiger partial charge in [-0.1, -0.05) is 30.3 Å². The molecule has 1 atom stereocenters. The summed E-state index contributed by atoms with van der Waals surface area (Å²) in [5.41, 5.74) is 1.75. The summed E-state index contributed by atoms with van der Waals surface area (Å²) in [6.07, 6.45) is -0.696. The van der Waals surface area contributed by atoms with Crippen molar-refractivity contribution in [1.29, 1.82) is 0 Å². The van der Waals surface area contributed by atoms with Crippen molar-refractivity contribution in [3.8, 4) is 5.75 Å². The van der Waals surface area contributed by atoms with Gasteiger partial charge in [0.05, 0.1) is 4.92 Å². The van der Waals surface area contributed by atoms with E-state index in [9.17, 15) is 15.2 Å². The van der Waals surface area contributed by atoms with Gasteiger partial charge in [-0.05, 0) is 24.6 Å². The molecule has 1 unspecified atom stereocenters. The van der Waals surface area contributed by atoms with E-state index in [-0.39, 0.29) is 18.8 Å². The number of hydrogen-bond acceptors (Lipinski definition) is 5. The first-order valence-electron chi connectivity index (χ1n) is 7.37. The first-order chi connectivity index (χ1) is 11.1. The molecule has 122 valence electrons. The number of benzene rings is 2. The normalized spacial score (nSPS) is 11.9. The maximum Gasteiger partial charge on any atom is 0.273 e. The average molecular weight is 316 g/mol. The fourth-order valence-electron chi connectivity index (χ4n) is 2.17. The predicted molar refractivity (Wildman–Crippen MR) is 87.5 cm³/mol. The van der Waals surface area contributed by atoms with Crippen molar-refractivity contribution >= 4 is 5.69 Å². The van der Waals surface area contributed by atoms with Gasteiger partial charge in [-0.2, -0.15) is 0 Å². The zero-order chi connectivity index (χ0) is 16.7. The highest BCUT2D eigenvalue weighted by Crippen LogP contribution is 2.17. The Hall–Kier alpha value is -2.44. The number of ether oxygens (including phenoxy) is 1. The van der Waals surface area contributed by atoms with Crippen LogP contribution in [-0.4, -0.2) is 29.3 Å². The largest absolute Gasteiger partial charge is 0.491 e. The Kier molecular flexibility index (Phi) is 6.08. The number of aryl methyl sites for hydroxylation is 1. The summed E-state index contributed by atoms with van der Waals surface area (Å²) in [5, 5.41) is 23.8. The van der Waals surface area contributed by atoms with Crippen molar-refractivity contribution < 1.29 is 14.8 Å². The van der Waals surface area contributed by atoms with Crippen molar-refractivity contribution in [3.05, 3.63) is 69.8 Å². The van der Waals surface area contributed by atoms with Gasteiger partial charge in [0.1, 0.15) is 18.5 Å². The lowest BCUT2D eigenvalue weighted by Crippen LogP contribution is -2.31. The summed E-state index contributed by atoms with van der Waals surface area (Å²) >= 11 is 0. The highest BCUT2D eigenvalue weighted by molar-refractivity contribution is 5.39. The fraction of sp³-hybridized carbons (Fsp3) is 0.294. The van der Waals surface area contributed by atoms with Crippen LogP contribution in [0.4, 0.5) is 5.69 Å². The van der Waals surface area contributed by atoms with Gasteiger partial charge in [-0.15, -0.1) is 0 Å². The number of nitro groups is 1. The van der Waals surface area contributed by atoms with E-state index in [1.165, 1.54) is 6.07 Å². The molecule has 0 aliphatic rings. The average Bonchev–Trinajstić information content (AvgIpc) is 2.53. The number of para-hydroxylation sites is 1. The molecular formula is C17H20N2O4. The lowest BCUT2D eigenvalue weighted by molar-refractivity contribution is -0.385. The molecule has 0 aliphatic heterocycles. The summed E-state index contributed by atoms with van der Waals surface area (Å²) in [7, 11) is 0. The number of rotatable bonds is 8. The van der Waals surface area contributed by atoms with Crippen molar-refractivity contribution in [2.24, 2.45) is 0 Å².